The van der Waals surface area contributed by atoms with Crippen LogP contribution in [0.1, 0.15) is 28.5 Å². The Labute approximate surface area is 217 Å². The summed E-state index contributed by atoms with van der Waals surface area (Å²) in [6.45, 7) is 2.39. The van der Waals surface area contributed by atoms with Gasteiger partial charge in [-0.2, -0.15) is 0 Å². The molecule has 4 rings (SSSR count). The van der Waals surface area contributed by atoms with Crippen molar-refractivity contribution in [3.05, 3.63) is 57.6 Å². The van der Waals surface area contributed by atoms with E-state index in [-0.39, 0.29) is 17.7 Å². The zero-order valence-corrected chi connectivity index (χ0v) is 21.8. The van der Waals surface area contributed by atoms with Crippen molar-refractivity contribution in [1.29, 1.82) is 0 Å². The van der Waals surface area contributed by atoms with E-state index in [1.54, 1.807) is 29.2 Å². The second-order valence-corrected chi connectivity index (χ2v) is 9.48. The van der Waals surface area contributed by atoms with E-state index in [0.717, 1.165) is 11.3 Å². The van der Waals surface area contributed by atoms with Gasteiger partial charge < -0.3 is 19.1 Å². The minimum absolute atomic E-state index is 0.00557. The fourth-order valence-corrected chi connectivity index (χ4v) is 4.85. The molecule has 0 spiro atoms. The molecule has 36 heavy (non-hydrogen) atoms. The zero-order valence-electron chi connectivity index (χ0n) is 20.2. The van der Waals surface area contributed by atoms with Crippen LogP contribution in [-0.4, -0.2) is 49.9 Å². The van der Waals surface area contributed by atoms with Gasteiger partial charge in [0.15, 0.2) is 11.5 Å². The first-order valence-corrected chi connectivity index (χ1v) is 12.2. The maximum Gasteiger partial charge on any atom is 0.250 e. The van der Waals surface area contributed by atoms with Gasteiger partial charge in [-0.25, -0.2) is 0 Å². The van der Waals surface area contributed by atoms with Crippen LogP contribution < -0.4 is 24.4 Å². The number of carbonyl (C=O) groups excluding carboxylic acids is 2. The quantitative estimate of drug-likeness (QED) is 0.423. The standard InChI is InChI=1S/C25H25ClN4O5S/c1-14-5-7-17(12-18(14)26)30-13-16(11-22(30)32)24-28-29-25(36-24)27-21(31)8-6-15-9-19(33-2)23(35-4)20(10-15)34-3/h5-10,12,16H,11,13H2,1-4H3,(H,27,29,31)/b8-6+. The van der Waals surface area contributed by atoms with Gasteiger partial charge in [-0.05, 0) is 48.4 Å². The normalized spacial score (nSPS) is 15.4. The van der Waals surface area contributed by atoms with E-state index in [0.29, 0.717) is 50.9 Å². The van der Waals surface area contributed by atoms with Crippen molar-refractivity contribution in [3.63, 3.8) is 0 Å². The highest BCUT2D eigenvalue weighted by Gasteiger charge is 2.34. The van der Waals surface area contributed by atoms with Crippen LogP contribution in [0.3, 0.4) is 0 Å². The second-order valence-electron chi connectivity index (χ2n) is 8.07. The molecule has 11 heteroatoms. The van der Waals surface area contributed by atoms with E-state index in [9.17, 15) is 9.59 Å². The number of ether oxygens (including phenoxy) is 3. The van der Waals surface area contributed by atoms with Gasteiger partial charge in [-0.1, -0.05) is 29.0 Å². The molecule has 0 bridgehead atoms. The maximum atomic E-state index is 12.6. The van der Waals surface area contributed by atoms with Crippen LogP contribution in [0.5, 0.6) is 17.2 Å². The highest BCUT2D eigenvalue weighted by atomic mass is 35.5. The Morgan fingerprint density at radius 3 is 2.50 bits per heavy atom. The summed E-state index contributed by atoms with van der Waals surface area (Å²) < 4.78 is 16.0. The van der Waals surface area contributed by atoms with Gasteiger partial charge in [-0.15, -0.1) is 10.2 Å². The molecule has 2 aromatic carbocycles. The van der Waals surface area contributed by atoms with Crippen molar-refractivity contribution in [2.45, 2.75) is 19.3 Å². The first kappa shape index (κ1) is 25.5. The third-order valence-corrected chi connectivity index (χ3v) is 7.13. The highest BCUT2D eigenvalue weighted by Crippen LogP contribution is 2.39. The molecule has 0 aliphatic carbocycles. The van der Waals surface area contributed by atoms with Crippen molar-refractivity contribution < 1.29 is 23.8 Å². The zero-order chi connectivity index (χ0) is 25.8. The molecule has 1 saturated heterocycles. The first-order valence-electron chi connectivity index (χ1n) is 11.0. The third kappa shape index (κ3) is 5.44. The third-order valence-electron chi connectivity index (χ3n) is 5.73. The Balaban J connectivity index is 1.41. The SMILES string of the molecule is COc1cc(/C=C/C(=O)Nc2nnc(C3CC(=O)N(c4ccc(C)c(Cl)c4)C3)s2)cc(OC)c1OC. The number of nitrogens with one attached hydrogen (secondary N) is 1. The van der Waals surface area contributed by atoms with Crippen LogP contribution in [-0.2, 0) is 9.59 Å². The van der Waals surface area contributed by atoms with E-state index in [2.05, 4.69) is 15.5 Å². The summed E-state index contributed by atoms with van der Waals surface area (Å²) in [7, 11) is 4.58. The molecule has 1 unspecified atom stereocenters. The van der Waals surface area contributed by atoms with Crippen LogP contribution in [0, 0.1) is 6.92 Å². The van der Waals surface area contributed by atoms with E-state index < -0.39 is 0 Å². The number of amides is 2. The number of hydrogen-bond donors (Lipinski definition) is 1. The Hall–Kier alpha value is -3.63. The van der Waals surface area contributed by atoms with Crippen molar-refractivity contribution >= 4 is 51.6 Å². The van der Waals surface area contributed by atoms with Gasteiger partial charge >= 0.3 is 0 Å². The predicted octanol–water partition coefficient (Wildman–Crippen LogP) is 4.70. The summed E-state index contributed by atoms with van der Waals surface area (Å²) in [5.74, 6) is 0.948. The minimum Gasteiger partial charge on any atom is -0.493 e. The van der Waals surface area contributed by atoms with Crippen molar-refractivity contribution in [2.24, 2.45) is 0 Å². The van der Waals surface area contributed by atoms with Gasteiger partial charge in [0.1, 0.15) is 5.01 Å². The lowest BCUT2D eigenvalue weighted by molar-refractivity contribution is -0.117. The first-order chi connectivity index (χ1) is 17.3. The van der Waals surface area contributed by atoms with Gasteiger partial charge in [0.05, 0.1) is 21.3 Å². The fourth-order valence-electron chi connectivity index (χ4n) is 3.84. The number of carbonyl (C=O) groups is 2. The lowest BCUT2D eigenvalue weighted by Gasteiger charge is -2.17. The van der Waals surface area contributed by atoms with Crippen LogP contribution in [0.25, 0.3) is 6.08 Å². The lowest BCUT2D eigenvalue weighted by atomic mass is 10.1. The summed E-state index contributed by atoms with van der Waals surface area (Å²) in [6.07, 6.45) is 3.32. The average Bonchev–Trinajstić information content (AvgIpc) is 3.50. The van der Waals surface area contributed by atoms with Crippen molar-refractivity contribution in [2.75, 3.05) is 38.1 Å². The molecule has 9 nitrogen and oxygen atoms in total. The van der Waals surface area contributed by atoms with Gasteiger partial charge in [0, 0.05) is 35.7 Å². The summed E-state index contributed by atoms with van der Waals surface area (Å²) in [5.41, 5.74) is 2.40. The summed E-state index contributed by atoms with van der Waals surface area (Å²) in [4.78, 5) is 26.8. The van der Waals surface area contributed by atoms with Crippen LogP contribution in [0.15, 0.2) is 36.4 Å². The molecule has 1 fully saturated rings. The number of rotatable bonds is 8. The molecule has 3 aromatic rings. The van der Waals surface area contributed by atoms with E-state index in [1.165, 1.54) is 38.7 Å². The summed E-state index contributed by atoms with van der Waals surface area (Å²) in [6, 6.07) is 9.04. The number of anilines is 2. The topological polar surface area (TPSA) is 103 Å². The number of methoxy groups -OCH3 is 3. The number of halogens is 1. The van der Waals surface area contributed by atoms with Crippen LogP contribution >= 0.6 is 22.9 Å². The van der Waals surface area contributed by atoms with Crippen LogP contribution in [0.4, 0.5) is 10.8 Å². The van der Waals surface area contributed by atoms with Gasteiger partial charge in [0.2, 0.25) is 22.7 Å². The van der Waals surface area contributed by atoms with E-state index in [4.69, 9.17) is 25.8 Å². The summed E-state index contributed by atoms with van der Waals surface area (Å²) >= 11 is 7.48. The maximum absolute atomic E-state index is 12.6. The van der Waals surface area contributed by atoms with Crippen molar-refractivity contribution in [3.8, 4) is 17.2 Å². The number of nitrogens with zero attached hydrogens (tertiary/aromatic N) is 3. The number of aryl methyl sites for hydroxylation is 1. The molecule has 0 radical (unpaired) electrons. The largest absolute Gasteiger partial charge is 0.493 e. The molecule has 1 atom stereocenters. The number of benzene rings is 2. The van der Waals surface area contributed by atoms with E-state index >= 15 is 0 Å². The fraction of sp³-hybridized carbons (Fsp3) is 0.280. The van der Waals surface area contributed by atoms with E-state index in [1.807, 2.05) is 19.1 Å². The lowest BCUT2D eigenvalue weighted by Crippen LogP contribution is -2.24. The predicted molar refractivity (Wildman–Crippen MR) is 140 cm³/mol. The minimum atomic E-state index is -0.370. The molecule has 188 valence electrons. The Morgan fingerprint density at radius 1 is 1.14 bits per heavy atom. The molecule has 1 N–H and O–H groups in total. The smallest absolute Gasteiger partial charge is 0.250 e. The molecule has 2 amide bonds. The van der Waals surface area contributed by atoms with Gasteiger partial charge in [0.25, 0.3) is 0 Å². The average molecular weight is 529 g/mol. The Kier molecular flexibility index (Phi) is 7.76. The second kappa shape index (κ2) is 11.0. The summed E-state index contributed by atoms with van der Waals surface area (Å²) in [5, 5.41) is 12.7. The molecule has 1 aromatic heterocycles. The molecular weight excluding hydrogens is 504 g/mol. The molecule has 1 aliphatic heterocycles. The molecule has 0 saturated carbocycles. The number of aromatic nitrogens is 2. The molecule has 2 heterocycles. The van der Waals surface area contributed by atoms with Crippen molar-refractivity contribution in [1.82, 2.24) is 10.2 Å². The molecular formula is C25H25ClN4O5S. The Bertz CT molecular complexity index is 1300. The number of hydrogen-bond acceptors (Lipinski definition) is 8. The monoisotopic (exact) mass is 528 g/mol. The van der Waals surface area contributed by atoms with Crippen LogP contribution in [0.2, 0.25) is 5.02 Å². The Morgan fingerprint density at radius 2 is 1.86 bits per heavy atom. The van der Waals surface area contributed by atoms with Gasteiger partial charge in [-0.3, -0.25) is 14.9 Å². The highest BCUT2D eigenvalue weighted by molar-refractivity contribution is 7.15. The molecule has 1 aliphatic rings.